The molecule has 0 bridgehead atoms. The van der Waals surface area contributed by atoms with E-state index >= 15 is 0 Å². The topological polar surface area (TPSA) is 84.4 Å². The molecule has 0 aromatic carbocycles. The standard InChI is InChI=1S/C11H18N4O3/c1-13(9-3-2-4-9)7-11(16)8-14-6-10(5-12-14)15(17)18/h5-6,9,11,16H,2-4,7-8H2,1H3. The molecule has 7 nitrogen and oxygen atoms in total. The summed E-state index contributed by atoms with van der Waals surface area (Å²) in [5.41, 5.74) is -0.0467. The first-order valence-electron chi connectivity index (χ1n) is 6.11. The smallest absolute Gasteiger partial charge is 0.306 e. The molecule has 1 aliphatic rings. The highest BCUT2D eigenvalue weighted by Gasteiger charge is 2.23. The van der Waals surface area contributed by atoms with E-state index in [1.165, 1.54) is 36.3 Å². The Hall–Kier alpha value is -1.47. The molecule has 0 spiro atoms. The molecule has 7 heteroatoms. The zero-order valence-corrected chi connectivity index (χ0v) is 10.4. The number of nitrogens with zero attached hydrogens (tertiary/aromatic N) is 4. The van der Waals surface area contributed by atoms with Crippen molar-refractivity contribution in [2.75, 3.05) is 13.6 Å². The normalized spacial score (nSPS) is 17.7. The second-order valence-corrected chi connectivity index (χ2v) is 4.86. The lowest BCUT2D eigenvalue weighted by Gasteiger charge is -2.35. The molecule has 1 aliphatic carbocycles. The lowest BCUT2D eigenvalue weighted by atomic mass is 9.92. The second-order valence-electron chi connectivity index (χ2n) is 4.86. The predicted octanol–water partition coefficient (Wildman–Crippen LogP) is 0.636. The van der Waals surface area contributed by atoms with Crippen LogP contribution in [0.15, 0.2) is 12.4 Å². The summed E-state index contributed by atoms with van der Waals surface area (Å²) in [5.74, 6) is 0. The molecule has 0 radical (unpaired) electrons. The highest BCUT2D eigenvalue weighted by molar-refractivity contribution is 5.20. The molecule has 2 rings (SSSR count). The summed E-state index contributed by atoms with van der Waals surface area (Å²) in [6.07, 6.45) is 5.62. The van der Waals surface area contributed by atoms with Crippen molar-refractivity contribution in [1.29, 1.82) is 0 Å². The number of aliphatic hydroxyl groups is 1. The van der Waals surface area contributed by atoms with Gasteiger partial charge in [0.15, 0.2) is 0 Å². The Balaban J connectivity index is 1.82. The van der Waals surface area contributed by atoms with Crippen molar-refractivity contribution >= 4 is 5.69 Å². The highest BCUT2D eigenvalue weighted by atomic mass is 16.6. The summed E-state index contributed by atoms with van der Waals surface area (Å²) in [7, 11) is 2.00. The van der Waals surface area contributed by atoms with Crippen molar-refractivity contribution in [3.63, 3.8) is 0 Å². The molecule has 1 N–H and O–H groups in total. The third kappa shape index (κ3) is 3.05. The fourth-order valence-corrected chi connectivity index (χ4v) is 2.13. The maximum Gasteiger partial charge on any atom is 0.306 e. The van der Waals surface area contributed by atoms with Gasteiger partial charge in [-0.2, -0.15) is 5.10 Å². The van der Waals surface area contributed by atoms with Crippen molar-refractivity contribution in [1.82, 2.24) is 14.7 Å². The van der Waals surface area contributed by atoms with Gasteiger partial charge in [-0.15, -0.1) is 0 Å². The average Bonchev–Trinajstić information content (AvgIpc) is 2.62. The lowest BCUT2D eigenvalue weighted by Crippen LogP contribution is -2.42. The molecule has 1 aromatic heterocycles. The van der Waals surface area contributed by atoms with Gasteiger partial charge >= 0.3 is 5.69 Å². The molecule has 1 aromatic rings. The molecule has 1 atom stereocenters. The summed E-state index contributed by atoms with van der Waals surface area (Å²) in [6.45, 7) is 0.850. The maximum atomic E-state index is 10.5. The summed E-state index contributed by atoms with van der Waals surface area (Å²) in [6, 6.07) is 0.576. The Bertz CT molecular complexity index is 416. The maximum absolute atomic E-state index is 10.5. The third-order valence-electron chi connectivity index (χ3n) is 3.43. The van der Waals surface area contributed by atoms with Crippen LogP contribution in [0.2, 0.25) is 0 Å². The number of nitro groups is 1. The fraction of sp³-hybridized carbons (Fsp3) is 0.727. The van der Waals surface area contributed by atoms with Crippen molar-refractivity contribution in [3.05, 3.63) is 22.5 Å². The number of likely N-dealkylation sites (N-methyl/N-ethyl adjacent to an activating group) is 1. The SMILES string of the molecule is CN(CC(O)Cn1cc([N+](=O)[O-])cn1)C1CCC1. The minimum Gasteiger partial charge on any atom is -0.390 e. The number of rotatable bonds is 6. The fourth-order valence-electron chi connectivity index (χ4n) is 2.13. The van der Waals surface area contributed by atoms with Gasteiger partial charge < -0.3 is 10.0 Å². The van der Waals surface area contributed by atoms with Gasteiger partial charge in [0.25, 0.3) is 0 Å². The van der Waals surface area contributed by atoms with Gasteiger partial charge in [-0.3, -0.25) is 14.8 Å². The monoisotopic (exact) mass is 254 g/mol. The van der Waals surface area contributed by atoms with Gasteiger partial charge in [0.05, 0.1) is 17.6 Å². The van der Waals surface area contributed by atoms with Crippen LogP contribution >= 0.6 is 0 Å². The molecule has 18 heavy (non-hydrogen) atoms. The van der Waals surface area contributed by atoms with E-state index in [9.17, 15) is 15.2 Å². The van der Waals surface area contributed by atoms with Gasteiger partial charge in [0.1, 0.15) is 12.4 Å². The molecule has 0 aliphatic heterocycles. The Kier molecular flexibility index (Phi) is 3.93. The molecular weight excluding hydrogens is 236 g/mol. The summed E-state index contributed by atoms with van der Waals surface area (Å²) in [4.78, 5) is 12.2. The number of hydrogen-bond acceptors (Lipinski definition) is 5. The first-order chi connectivity index (χ1) is 8.56. The predicted molar refractivity (Wildman–Crippen MR) is 65.2 cm³/mol. The van der Waals surface area contributed by atoms with E-state index in [1.54, 1.807) is 0 Å². The molecule has 100 valence electrons. The van der Waals surface area contributed by atoms with Crippen LogP contribution in [0, 0.1) is 10.1 Å². The molecule has 1 unspecified atom stereocenters. The van der Waals surface area contributed by atoms with Crippen LogP contribution in [0.5, 0.6) is 0 Å². The van der Waals surface area contributed by atoms with Gasteiger partial charge in [-0.25, -0.2) is 0 Å². The minimum absolute atomic E-state index is 0.0467. The number of aromatic nitrogens is 2. The van der Waals surface area contributed by atoms with Crippen molar-refractivity contribution in [2.24, 2.45) is 0 Å². The molecule has 1 heterocycles. The second kappa shape index (κ2) is 5.45. The highest BCUT2D eigenvalue weighted by Crippen LogP contribution is 2.23. The van der Waals surface area contributed by atoms with Crippen molar-refractivity contribution in [2.45, 2.75) is 38.0 Å². The Morgan fingerprint density at radius 2 is 2.44 bits per heavy atom. The average molecular weight is 254 g/mol. The van der Waals surface area contributed by atoms with Gasteiger partial charge in [0.2, 0.25) is 0 Å². The van der Waals surface area contributed by atoms with E-state index < -0.39 is 11.0 Å². The van der Waals surface area contributed by atoms with Crippen LogP contribution in [-0.4, -0.2) is 50.4 Å². The van der Waals surface area contributed by atoms with Crippen LogP contribution in [0.3, 0.4) is 0 Å². The summed E-state index contributed by atoms with van der Waals surface area (Å²) >= 11 is 0. The van der Waals surface area contributed by atoms with E-state index in [2.05, 4.69) is 10.00 Å². The summed E-state index contributed by atoms with van der Waals surface area (Å²) < 4.78 is 1.41. The third-order valence-corrected chi connectivity index (χ3v) is 3.43. The van der Waals surface area contributed by atoms with Crippen LogP contribution in [0.1, 0.15) is 19.3 Å². The Morgan fingerprint density at radius 3 is 2.94 bits per heavy atom. The van der Waals surface area contributed by atoms with Crippen molar-refractivity contribution in [3.8, 4) is 0 Å². The van der Waals surface area contributed by atoms with Gasteiger partial charge in [-0.05, 0) is 19.9 Å². The lowest BCUT2D eigenvalue weighted by molar-refractivity contribution is -0.385. The molecule has 0 amide bonds. The zero-order valence-electron chi connectivity index (χ0n) is 10.4. The van der Waals surface area contributed by atoms with E-state index in [-0.39, 0.29) is 12.2 Å². The van der Waals surface area contributed by atoms with Crippen molar-refractivity contribution < 1.29 is 10.0 Å². The van der Waals surface area contributed by atoms with E-state index in [1.807, 2.05) is 7.05 Å². The number of aliphatic hydroxyl groups excluding tert-OH is 1. The summed E-state index contributed by atoms with van der Waals surface area (Å²) in [5, 5.41) is 24.3. The molecule has 0 saturated heterocycles. The van der Waals surface area contributed by atoms with E-state index in [4.69, 9.17) is 0 Å². The molecular formula is C11H18N4O3. The van der Waals surface area contributed by atoms with E-state index in [0.717, 1.165) is 0 Å². The van der Waals surface area contributed by atoms with Gasteiger partial charge in [-0.1, -0.05) is 6.42 Å². The molecule has 1 fully saturated rings. The van der Waals surface area contributed by atoms with Crippen LogP contribution < -0.4 is 0 Å². The largest absolute Gasteiger partial charge is 0.390 e. The quantitative estimate of drug-likeness (QED) is 0.594. The number of hydrogen-bond donors (Lipinski definition) is 1. The molecule has 1 saturated carbocycles. The van der Waals surface area contributed by atoms with Crippen LogP contribution in [0.25, 0.3) is 0 Å². The zero-order chi connectivity index (χ0) is 13.1. The minimum atomic E-state index is -0.560. The van der Waals surface area contributed by atoms with E-state index in [0.29, 0.717) is 12.6 Å². The van der Waals surface area contributed by atoms with Crippen LogP contribution in [-0.2, 0) is 6.54 Å². The van der Waals surface area contributed by atoms with Crippen LogP contribution in [0.4, 0.5) is 5.69 Å². The Labute approximate surface area is 105 Å². The Morgan fingerprint density at radius 1 is 1.72 bits per heavy atom. The van der Waals surface area contributed by atoms with Gasteiger partial charge in [0, 0.05) is 12.6 Å². The first kappa shape index (κ1) is 13.0. The first-order valence-corrected chi connectivity index (χ1v) is 6.11.